The number of aryl methyl sites for hydroxylation is 1. The molecule has 20 heavy (non-hydrogen) atoms. The molecular weight excluding hydrogens is 319 g/mol. The van der Waals surface area contributed by atoms with E-state index in [-0.39, 0.29) is 5.91 Å². The van der Waals surface area contributed by atoms with Gasteiger partial charge in [-0.3, -0.25) is 4.79 Å². The van der Waals surface area contributed by atoms with E-state index >= 15 is 0 Å². The molecule has 0 fully saturated rings. The van der Waals surface area contributed by atoms with Gasteiger partial charge in [-0.25, -0.2) is 9.50 Å². The molecule has 8 heteroatoms. The van der Waals surface area contributed by atoms with Crippen LogP contribution in [-0.4, -0.2) is 20.5 Å². The van der Waals surface area contributed by atoms with Gasteiger partial charge in [0.2, 0.25) is 4.96 Å². The van der Waals surface area contributed by atoms with Crippen molar-refractivity contribution in [1.82, 2.24) is 14.6 Å². The molecule has 5 nitrogen and oxygen atoms in total. The highest BCUT2D eigenvalue weighted by Gasteiger charge is 2.13. The zero-order chi connectivity index (χ0) is 14.3. The number of aromatic nitrogens is 3. The number of amides is 1. The van der Waals surface area contributed by atoms with Gasteiger partial charge in [0.05, 0.1) is 6.20 Å². The van der Waals surface area contributed by atoms with Gasteiger partial charge < -0.3 is 5.32 Å². The van der Waals surface area contributed by atoms with Crippen molar-refractivity contribution in [2.24, 2.45) is 0 Å². The first kappa shape index (κ1) is 13.4. The SMILES string of the molecule is Cc1nn2cc(C(=O)Nc3cc(Cl)cc(Cl)c3)nc2s1. The van der Waals surface area contributed by atoms with E-state index in [0.717, 1.165) is 5.01 Å². The van der Waals surface area contributed by atoms with Crippen LogP contribution in [0, 0.1) is 6.92 Å². The van der Waals surface area contributed by atoms with Crippen molar-refractivity contribution in [3.8, 4) is 0 Å². The normalized spacial score (nSPS) is 10.9. The summed E-state index contributed by atoms with van der Waals surface area (Å²) < 4.78 is 1.58. The minimum absolute atomic E-state index is 0.292. The molecule has 102 valence electrons. The largest absolute Gasteiger partial charge is 0.320 e. The maximum atomic E-state index is 12.1. The molecule has 0 radical (unpaired) electrons. The van der Waals surface area contributed by atoms with Crippen molar-refractivity contribution < 1.29 is 4.79 Å². The van der Waals surface area contributed by atoms with Crippen LogP contribution in [-0.2, 0) is 0 Å². The van der Waals surface area contributed by atoms with Crippen molar-refractivity contribution in [2.75, 3.05) is 5.32 Å². The van der Waals surface area contributed by atoms with Gasteiger partial charge in [0.1, 0.15) is 10.7 Å². The summed E-state index contributed by atoms with van der Waals surface area (Å²) in [4.78, 5) is 17.0. The molecular formula is C12H8Cl2N4OS. The summed E-state index contributed by atoms with van der Waals surface area (Å²) in [5.41, 5.74) is 0.813. The molecule has 0 saturated heterocycles. The van der Waals surface area contributed by atoms with Crippen molar-refractivity contribution >= 4 is 51.1 Å². The fourth-order valence-corrected chi connectivity index (χ4v) is 2.98. The van der Waals surface area contributed by atoms with Gasteiger partial charge in [0, 0.05) is 15.7 Å². The zero-order valence-electron chi connectivity index (χ0n) is 10.2. The predicted molar refractivity (Wildman–Crippen MR) is 80.0 cm³/mol. The molecule has 0 aliphatic heterocycles. The Morgan fingerprint density at radius 2 is 2.00 bits per heavy atom. The first-order valence-corrected chi connectivity index (χ1v) is 7.19. The molecule has 0 saturated carbocycles. The van der Waals surface area contributed by atoms with Crippen LogP contribution in [0.2, 0.25) is 10.0 Å². The smallest absolute Gasteiger partial charge is 0.275 e. The van der Waals surface area contributed by atoms with Crippen LogP contribution in [0.15, 0.2) is 24.4 Å². The standard InChI is InChI=1S/C12H8Cl2N4OS/c1-6-17-18-5-10(16-12(18)20-6)11(19)15-9-3-7(13)2-8(14)4-9/h2-5H,1H3,(H,15,19). The van der Waals surface area contributed by atoms with Crippen molar-refractivity contribution in [2.45, 2.75) is 6.92 Å². The quantitative estimate of drug-likeness (QED) is 0.781. The zero-order valence-corrected chi connectivity index (χ0v) is 12.6. The van der Waals surface area contributed by atoms with Crippen LogP contribution in [0.25, 0.3) is 4.96 Å². The van der Waals surface area contributed by atoms with Crippen LogP contribution in [0.5, 0.6) is 0 Å². The number of carbonyl (C=O) groups is 1. The lowest BCUT2D eigenvalue weighted by atomic mass is 10.3. The Morgan fingerprint density at radius 1 is 1.30 bits per heavy atom. The fourth-order valence-electron chi connectivity index (χ4n) is 1.73. The molecule has 0 atom stereocenters. The Labute approximate surface area is 128 Å². The Balaban J connectivity index is 1.86. The molecule has 1 N–H and O–H groups in total. The number of rotatable bonds is 2. The van der Waals surface area contributed by atoms with Crippen LogP contribution >= 0.6 is 34.5 Å². The number of fused-ring (bicyclic) bond motifs is 1. The van der Waals surface area contributed by atoms with E-state index in [0.29, 0.717) is 26.4 Å². The molecule has 1 aromatic carbocycles. The number of halogens is 2. The molecule has 0 bridgehead atoms. The first-order chi connectivity index (χ1) is 9.51. The van der Waals surface area contributed by atoms with E-state index in [1.807, 2.05) is 6.92 Å². The average Bonchev–Trinajstić information content (AvgIpc) is 2.84. The maximum Gasteiger partial charge on any atom is 0.275 e. The molecule has 0 unspecified atom stereocenters. The Hall–Kier alpha value is -1.63. The minimum atomic E-state index is -0.335. The number of benzene rings is 1. The molecule has 1 amide bonds. The minimum Gasteiger partial charge on any atom is -0.320 e. The molecule has 2 heterocycles. The lowest BCUT2D eigenvalue weighted by molar-refractivity contribution is 0.102. The number of nitrogens with zero attached hydrogens (tertiary/aromatic N) is 3. The van der Waals surface area contributed by atoms with E-state index in [1.54, 1.807) is 28.9 Å². The molecule has 0 aliphatic rings. The third kappa shape index (κ3) is 2.63. The van der Waals surface area contributed by atoms with Crippen molar-refractivity contribution in [3.05, 3.63) is 45.1 Å². The number of imidazole rings is 1. The second-order valence-corrected chi connectivity index (χ2v) is 6.12. The third-order valence-electron chi connectivity index (χ3n) is 2.50. The number of hydrogen-bond acceptors (Lipinski definition) is 4. The first-order valence-electron chi connectivity index (χ1n) is 5.61. The highest BCUT2D eigenvalue weighted by atomic mass is 35.5. The summed E-state index contributed by atoms with van der Waals surface area (Å²) in [6.07, 6.45) is 1.58. The highest BCUT2D eigenvalue weighted by molar-refractivity contribution is 7.16. The van der Waals surface area contributed by atoms with Crippen LogP contribution in [0.1, 0.15) is 15.5 Å². The number of carbonyl (C=O) groups excluding carboxylic acids is 1. The van der Waals surface area contributed by atoms with Gasteiger partial charge in [-0.05, 0) is 25.1 Å². The lowest BCUT2D eigenvalue weighted by Crippen LogP contribution is -2.12. The highest BCUT2D eigenvalue weighted by Crippen LogP contribution is 2.23. The van der Waals surface area contributed by atoms with Crippen molar-refractivity contribution in [3.63, 3.8) is 0 Å². The Morgan fingerprint density at radius 3 is 2.65 bits per heavy atom. The predicted octanol–water partition coefficient (Wildman–Crippen LogP) is 3.66. The summed E-state index contributed by atoms with van der Waals surface area (Å²) in [6, 6.07) is 4.83. The topological polar surface area (TPSA) is 59.3 Å². The van der Waals surface area contributed by atoms with Gasteiger partial charge in [0.25, 0.3) is 5.91 Å². The Kier molecular flexibility index (Phi) is 3.37. The van der Waals surface area contributed by atoms with Gasteiger partial charge in [0.15, 0.2) is 0 Å². The number of anilines is 1. The summed E-state index contributed by atoms with van der Waals surface area (Å²) in [5.74, 6) is -0.335. The van der Waals surface area contributed by atoms with E-state index in [2.05, 4.69) is 15.4 Å². The summed E-state index contributed by atoms with van der Waals surface area (Å²) in [5, 5.41) is 8.70. The van der Waals surface area contributed by atoms with Crippen LogP contribution in [0.4, 0.5) is 5.69 Å². The van der Waals surface area contributed by atoms with E-state index in [4.69, 9.17) is 23.2 Å². The number of hydrogen-bond donors (Lipinski definition) is 1. The van der Waals surface area contributed by atoms with Gasteiger partial charge in [-0.15, -0.1) is 0 Å². The van der Waals surface area contributed by atoms with Crippen LogP contribution < -0.4 is 5.32 Å². The van der Waals surface area contributed by atoms with Crippen LogP contribution in [0.3, 0.4) is 0 Å². The average molecular weight is 327 g/mol. The summed E-state index contributed by atoms with van der Waals surface area (Å²) >= 11 is 13.2. The summed E-state index contributed by atoms with van der Waals surface area (Å²) in [7, 11) is 0. The molecule has 3 aromatic rings. The molecule has 3 rings (SSSR count). The second-order valence-electron chi connectivity index (χ2n) is 4.09. The molecule has 0 spiro atoms. The van der Waals surface area contributed by atoms with Gasteiger partial charge in [-0.2, -0.15) is 5.10 Å². The van der Waals surface area contributed by atoms with Crippen molar-refractivity contribution in [1.29, 1.82) is 0 Å². The van der Waals surface area contributed by atoms with E-state index in [9.17, 15) is 4.79 Å². The van der Waals surface area contributed by atoms with Gasteiger partial charge in [-0.1, -0.05) is 34.5 Å². The number of nitrogens with one attached hydrogen (secondary N) is 1. The molecule has 0 aliphatic carbocycles. The maximum absolute atomic E-state index is 12.1. The Bertz CT molecular complexity index is 759. The monoisotopic (exact) mass is 326 g/mol. The molecule has 2 aromatic heterocycles. The fraction of sp³-hybridized carbons (Fsp3) is 0.0833. The third-order valence-corrected chi connectivity index (χ3v) is 3.77. The van der Waals surface area contributed by atoms with E-state index in [1.165, 1.54) is 11.3 Å². The summed E-state index contributed by atoms with van der Waals surface area (Å²) in [6.45, 7) is 1.88. The lowest BCUT2D eigenvalue weighted by Gasteiger charge is -2.04. The second kappa shape index (κ2) is 5.05. The van der Waals surface area contributed by atoms with Gasteiger partial charge >= 0.3 is 0 Å². The van der Waals surface area contributed by atoms with E-state index < -0.39 is 0 Å².